The SMILES string of the molecule is CCC(C#N)c1ccc(C(F)(F)F)cc1. The van der Waals surface area contributed by atoms with Gasteiger partial charge in [-0.15, -0.1) is 0 Å². The molecule has 0 aliphatic rings. The van der Waals surface area contributed by atoms with Crippen molar-refractivity contribution in [3.63, 3.8) is 0 Å². The van der Waals surface area contributed by atoms with Crippen molar-refractivity contribution in [2.24, 2.45) is 0 Å². The summed E-state index contributed by atoms with van der Waals surface area (Å²) in [6, 6.07) is 6.79. The second-order valence-corrected chi connectivity index (χ2v) is 3.21. The van der Waals surface area contributed by atoms with E-state index in [1.165, 1.54) is 12.1 Å². The van der Waals surface area contributed by atoms with E-state index in [0.29, 0.717) is 12.0 Å². The molecule has 0 saturated carbocycles. The lowest BCUT2D eigenvalue weighted by Crippen LogP contribution is -2.05. The maximum atomic E-state index is 12.2. The fourth-order valence-corrected chi connectivity index (χ4v) is 1.31. The number of hydrogen-bond acceptors (Lipinski definition) is 1. The topological polar surface area (TPSA) is 23.8 Å². The number of hydrogen-bond donors (Lipinski definition) is 0. The van der Waals surface area contributed by atoms with E-state index in [-0.39, 0.29) is 5.92 Å². The van der Waals surface area contributed by atoms with Gasteiger partial charge in [0.25, 0.3) is 0 Å². The summed E-state index contributed by atoms with van der Waals surface area (Å²) in [5.74, 6) is -0.327. The van der Waals surface area contributed by atoms with Gasteiger partial charge in [0.2, 0.25) is 0 Å². The molecule has 1 unspecified atom stereocenters. The molecular formula is C11H10F3N. The zero-order valence-corrected chi connectivity index (χ0v) is 8.17. The molecule has 0 heterocycles. The van der Waals surface area contributed by atoms with Crippen LogP contribution in [0.3, 0.4) is 0 Å². The molecule has 0 N–H and O–H groups in total. The van der Waals surface area contributed by atoms with E-state index < -0.39 is 11.7 Å². The van der Waals surface area contributed by atoms with Gasteiger partial charge in [-0.1, -0.05) is 19.1 Å². The van der Waals surface area contributed by atoms with Crippen LogP contribution in [0, 0.1) is 11.3 Å². The molecule has 0 bridgehead atoms. The Kier molecular flexibility index (Phi) is 3.35. The lowest BCUT2D eigenvalue weighted by atomic mass is 9.97. The molecule has 0 aromatic heterocycles. The van der Waals surface area contributed by atoms with Crippen molar-refractivity contribution < 1.29 is 13.2 Å². The molecule has 0 fully saturated rings. The number of benzene rings is 1. The molecule has 1 rings (SSSR count). The van der Waals surface area contributed by atoms with E-state index >= 15 is 0 Å². The Morgan fingerprint density at radius 1 is 1.27 bits per heavy atom. The third kappa shape index (κ3) is 2.72. The van der Waals surface area contributed by atoms with Gasteiger partial charge in [0.05, 0.1) is 17.6 Å². The largest absolute Gasteiger partial charge is 0.416 e. The van der Waals surface area contributed by atoms with Crippen LogP contribution in [0.5, 0.6) is 0 Å². The monoisotopic (exact) mass is 213 g/mol. The highest BCUT2D eigenvalue weighted by molar-refractivity contribution is 5.29. The predicted molar refractivity (Wildman–Crippen MR) is 50.1 cm³/mol. The molecule has 0 spiro atoms. The molecule has 0 aliphatic heterocycles. The summed E-state index contributed by atoms with van der Waals surface area (Å²) in [4.78, 5) is 0. The second kappa shape index (κ2) is 4.35. The smallest absolute Gasteiger partial charge is 0.198 e. The van der Waals surface area contributed by atoms with Crippen molar-refractivity contribution in [1.82, 2.24) is 0 Å². The van der Waals surface area contributed by atoms with E-state index in [1.54, 1.807) is 0 Å². The zero-order valence-electron chi connectivity index (χ0n) is 8.17. The first kappa shape index (κ1) is 11.6. The third-order valence-electron chi connectivity index (χ3n) is 2.20. The fourth-order valence-electron chi connectivity index (χ4n) is 1.31. The van der Waals surface area contributed by atoms with Crippen molar-refractivity contribution in [1.29, 1.82) is 5.26 Å². The van der Waals surface area contributed by atoms with Crippen LogP contribution < -0.4 is 0 Å². The first-order valence-corrected chi connectivity index (χ1v) is 4.55. The first-order valence-electron chi connectivity index (χ1n) is 4.55. The molecule has 1 nitrogen and oxygen atoms in total. The van der Waals surface area contributed by atoms with E-state index in [2.05, 4.69) is 0 Å². The first-order chi connectivity index (χ1) is 6.99. The lowest BCUT2D eigenvalue weighted by molar-refractivity contribution is -0.137. The minimum Gasteiger partial charge on any atom is -0.198 e. The molecule has 1 aromatic rings. The van der Waals surface area contributed by atoms with Gasteiger partial charge in [-0.2, -0.15) is 18.4 Å². The standard InChI is InChI=1S/C11H10F3N/c1-2-8(7-15)9-3-5-10(6-4-9)11(12,13)14/h3-6,8H,2H2,1H3. The van der Waals surface area contributed by atoms with Crippen molar-refractivity contribution in [2.75, 3.05) is 0 Å². The van der Waals surface area contributed by atoms with Crippen molar-refractivity contribution >= 4 is 0 Å². The van der Waals surface area contributed by atoms with Gasteiger partial charge in [-0.25, -0.2) is 0 Å². The summed E-state index contributed by atoms with van der Waals surface area (Å²) < 4.78 is 36.7. The molecule has 0 aliphatic carbocycles. The van der Waals surface area contributed by atoms with Crippen LogP contribution in [0.2, 0.25) is 0 Å². The molecule has 1 aromatic carbocycles. The van der Waals surface area contributed by atoms with Gasteiger partial charge in [0.1, 0.15) is 0 Å². The van der Waals surface area contributed by atoms with E-state index in [1.807, 2.05) is 13.0 Å². The molecule has 80 valence electrons. The van der Waals surface area contributed by atoms with Crippen LogP contribution in [0.1, 0.15) is 30.4 Å². The van der Waals surface area contributed by atoms with E-state index in [4.69, 9.17) is 5.26 Å². The highest BCUT2D eigenvalue weighted by Crippen LogP contribution is 2.30. The summed E-state index contributed by atoms with van der Waals surface area (Å²) in [5, 5.41) is 8.74. The summed E-state index contributed by atoms with van der Waals surface area (Å²) in [5.41, 5.74) is -0.0490. The maximum absolute atomic E-state index is 12.2. The Balaban J connectivity index is 2.96. The van der Waals surface area contributed by atoms with Crippen LogP contribution in [0.4, 0.5) is 13.2 Å². The van der Waals surface area contributed by atoms with Gasteiger partial charge >= 0.3 is 6.18 Å². The Labute approximate surface area is 86.1 Å². The van der Waals surface area contributed by atoms with E-state index in [9.17, 15) is 13.2 Å². The number of alkyl halides is 3. The number of rotatable bonds is 2. The highest BCUT2D eigenvalue weighted by atomic mass is 19.4. The van der Waals surface area contributed by atoms with Crippen molar-refractivity contribution in [3.8, 4) is 6.07 Å². The number of nitrogens with zero attached hydrogens (tertiary/aromatic N) is 1. The van der Waals surface area contributed by atoms with Gasteiger partial charge < -0.3 is 0 Å². The molecule has 4 heteroatoms. The van der Waals surface area contributed by atoms with E-state index in [0.717, 1.165) is 12.1 Å². The molecule has 0 radical (unpaired) electrons. The highest BCUT2D eigenvalue weighted by Gasteiger charge is 2.30. The molecule has 1 atom stereocenters. The normalized spacial score (nSPS) is 13.3. The van der Waals surface area contributed by atoms with Gasteiger partial charge in [-0.05, 0) is 24.1 Å². The van der Waals surface area contributed by atoms with Gasteiger partial charge in [0, 0.05) is 0 Å². The molecule has 0 saturated heterocycles. The van der Waals surface area contributed by atoms with Crippen molar-refractivity contribution in [2.45, 2.75) is 25.4 Å². The number of halogens is 3. The van der Waals surface area contributed by atoms with Crippen LogP contribution in [-0.4, -0.2) is 0 Å². The molecular weight excluding hydrogens is 203 g/mol. The maximum Gasteiger partial charge on any atom is 0.416 e. The average molecular weight is 213 g/mol. The number of nitriles is 1. The Morgan fingerprint density at radius 3 is 2.13 bits per heavy atom. The second-order valence-electron chi connectivity index (χ2n) is 3.21. The van der Waals surface area contributed by atoms with Crippen LogP contribution in [0.25, 0.3) is 0 Å². The van der Waals surface area contributed by atoms with Gasteiger partial charge in [0.15, 0.2) is 0 Å². The zero-order chi connectivity index (χ0) is 11.5. The minimum atomic E-state index is -4.31. The minimum absolute atomic E-state index is 0.327. The Morgan fingerprint density at radius 2 is 1.80 bits per heavy atom. The summed E-state index contributed by atoms with van der Waals surface area (Å²) in [6.07, 6.45) is -3.71. The quantitative estimate of drug-likeness (QED) is 0.734. The Bertz CT molecular complexity index is 359. The Hall–Kier alpha value is -1.50. The summed E-state index contributed by atoms with van der Waals surface area (Å²) >= 11 is 0. The average Bonchev–Trinajstić information content (AvgIpc) is 2.19. The van der Waals surface area contributed by atoms with Gasteiger partial charge in [-0.3, -0.25) is 0 Å². The summed E-state index contributed by atoms with van der Waals surface area (Å²) in [7, 11) is 0. The van der Waals surface area contributed by atoms with Crippen LogP contribution in [0.15, 0.2) is 24.3 Å². The molecule has 15 heavy (non-hydrogen) atoms. The summed E-state index contributed by atoms with van der Waals surface area (Å²) in [6.45, 7) is 1.82. The van der Waals surface area contributed by atoms with Crippen LogP contribution >= 0.6 is 0 Å². The van der Waals surface area contributed by atoms with Crippen LogP contribution in [-0.2, 0) is 6.18 Å². The predicted octanol–water partition coefficient (Wildman–Crippen LogP) is 3.72. The molecule has 0 amide bonds. The lowest BCUT2D eigenvalue weighted by Gasteiger charge is -2.09. The third-order valence-corrected chi connectivity index (χ3v) is 2.20. The fraction of sp³-hybridized carbons (Fsp3) is 0.364. The van der Waals surface area contributed by atoms with Crippen molar-refractivity contribution in [3.05, 3.63) is 35.4 Å².